The summed E-state index contributed by atoms with van der Waals surface area (Å²) in [5.74, 6) is 1.93. The minimum Gasteiger partial charge on any atom is -0.394 e. The number of rotatable bonds is 3. The summed E-state index contributed by atoms with van der Waals surface area (Å²) >= 11 is 0. The van der Waals surface area contributed by atoms with E-state index in [0.29, 0.717) is 36.0 Å². The predicted molar refractivity (Wildman–Crippen MR) is 152 cm³/mol. The lowest BCUT2D eigenvalue weighted by Crippen LogP contribution is -2.60. The van der Waals surface area contributed by atoms with Crippen molar-refractivity contribution in [1.82, 2.24) is 0 Å². The normalized spacial score (nSPS) is 59.0. The second kappa shape index (κ2) is 10.5. The van der Waals surface area contributed by atoms with Gasteiger partial charge in [-0.15, -0.1) is 0 Å². The Morgan fingerprint density at radius 3 is 2.45 bits per heavy atom. The average Bonchev–Trinajstić information content (AvgIpc) is 3.41. The number of hydrogen-bond acceptors (Lipinski definition) is 9. The van der Waals surface area contributed by atoms with Gasteiger partial charge in [0, 0.05) is 12.3 Å². The highest BCUT2D eigenvalue weighted by Crippen LogP contribution is 2.70. The summed E-state index contributed by atoms with van der Waals surface area (Å²) in [6.45, 7) is 9.76. The molecule has 0 bridgehead atoms. The fraction of sp³-hybridized carbons (Fsp3) is 0.939. The summed E-state index contributed by atoms with van der Waals surface area (Å²) in [6.07, 6.45) is 2.78. The highest BCUT2D eigenvalue weighted by atomic mass is 16.7. The van der Waals surface area contributed by atoms with E-state index in [9.17, 15) is 25.5 Å². The molecule has 17 atom stereocenters. The molecule has 0 aromatic carbocycles. The number of aliphatic hydroxyl groups excluding tert-OH is 5. The maximum absolute atomic E-state index is 11.8. The van der Waals surface area contributed by atoms with Crippen molar-refractivity contribution < 1.29 is 44.5 Å². The van der Waals surface area contributed by atoms with Crippen LogP contribution in [-0.2, 0) is 18.9 Å². The first-order valence-electron chi connectivity index (χ1n) is 16.6. The van der Waals surface area contributed by atoms with E-state index in [1.54, 1.807) is 0 Å². The Morgan fingerprint density at radius 2 is 1.74 bits per heavy atom. The maximum Gasteiger partial charge on any atom is 0.186 e. The van der Waals surface area contributed by atoms with E-state index < -0.39 is 49.2 Å². The molecule has 7 aliphatic rings. The Labute approximate surface area is 249 Å². The zero-order valence-corrected chi connectivity index (χ0v) is 25.6. The molecule has 17 unspecified atom stereocenters. The summed E-state index contributed by atoms with van der Waals surface area (Å²) in [4.78, 5) is 0. The maximum atomic E-state index is 11.8. The first kappa shape index (κ1) is 30.1. The molecule has 0 aromatic rings. The number of hydrogen-bond donors (Lipinski definition) is 5. The third-order valence-corrected chi connectivity index (χ3v) is 13.5. The quantitative estimate of drug-likeness (QED) is 0.313. The summed E-state index contributed by atoms with van der Waals surface area (Å²) in [7, 11) is 0. The van der Waals surface area contributed by atoms with E-state index in [2.05, 4.69) is 33.8 Å². The smallest absolute Gasteiger partial charge is 0.186 e. The second-order valence-electron chi connectivity index (χ2n) is 15.6. The molecule has 3 heterocycles. The highest BCUT2D eigenvalue weighted by Gasteiger charge is 2.69. The second-order valence-corrected chi connectivity index (χ2v) is 15.6. The van der Waals surface area contributed by atoms with E-state index in [1.807, 2.05) is 0 Å². The molecule has 3 aliphatic heterocycles. The minimum absolute atomic E-state index is 0.0333. The van der Waals surface area contributed by atoms with Crippen LogP contribution < -0.4 is 0 Å². The van der Waals surface area contributed by atoms with Crippen LogP contribution in [0.5, 0.6) is 0 Å². The molecule has 9 heteroatoms. The van der Waals surface area contributed by atoms with Crippen LogP contribution >= 0.6 is 0 Å². The van der Waals surface area contributed by atoms with Gasteiger partial charge in [0.05, 0.1) is 31.5 Å². The lowest BCUT2D eigenvalue weighted by Gasteiger charge is -2.59. The van der Waals surface area contributed by atoms with E-state index in [1.165, 1.54) is 5.57 Å². The summed E-state index contributed by atoms with van der Waals surface area (Å²) < 4.78 is 25.1. The molecule has 42 heavy (non-hydrogen) atoms. The van der Waals surface area contributed by atoms with Crippen molar-refractivity contribution in [2.24, 2.45) is 46.3 Å². The molecule has 0 aromatic heterocycles. The van der Waals surface area contributed by atoms with Crippen LogP contribution in [0.2, 0.25) is 0 Å². The first-order valence-corrected chi connectivity index (χ1v) is 16.6. The van der Waals surface area contributed by atoms with Gasteiger partial charge in [0.15, 0.2) is 12.1 Å². The number of fused-ring (bicyclic) bond motifs is 7. The van der Waals surface area contributed by atoms with Crippen molar-refractivity contribution in [2.45, 2.75) is 134 Å². The van der Waals surface area contributed by atoms with Crippen LogP contribution in [0.1, 0.15) is 79.1 Å². The lowest BCUT2D eigenvalue weighted by atomic mass is 9.46. The van der Waals surface area contributed by atoms with Crippen molar-refractivity contribution in [2.75, 3.05) is 13.2 Å². The Balaban J connectivity index is 1.08. The van der Waals surface area contributed by atoms with Gasteiger partial charge in [0.25, 0.3) is 0 Å². The molecular formula is C33H52O9. The largest absolute Gasteiger partial charge is 0.394 e. The third-order valence-electron chi connectivity index (χ3n) is 13.5. The molecule has 6 fully saturated rings. The van der Waals surface area contributed by atoms with Gasteiger partial charge in [0.2, 0.25) is 0 Å². The van der Waals surface area contributed by atoms with Gasteiger partial charge < -0.3 is 44.5 Å². The Bertz CT molecular complexity index is 1060. The molecule has 3 saturated heterocycles. The average molecular weight is 593 g/mol. The zero-order valence-electron chi connectivity index (χ0n) is 25.6. The summed E-state index contributed by atoms with van der Waals surface area (Å²) in [5, 5.41) is 52.2. The van der Waals surface area contributed by atoms with Gasteiger partial charge in [-0.05, 0) is 85.4 Å². The van der Waals surface area contributed by atoms with Gasteiger partial charge in [-0.25, -0.2) is 0 Å². The first-order chi connectivity index (χ1) is 19.9. The SMILES string of the molecule is CC1CCC2(OC1)OC1CC3C4C(O)C=C5CC(OC6OC(CO)C(O)C(O)C6O)CCC5(C)C4CCC3(C)C1C2C. The molecule has 0 amide bonds. The van der Waals surface area contributed by atoms with Crippen LogP contribution in [0.3, 0.4) is 0 Å². The zero-order chi connectivity index (χ0) is 29.8. The number of ether oxygens (including phenoxy) is 4. The molecule has 5 N–H and O–H groups in total. The van der Waals surface area contributed by atoms with Gasteiger partial charge in [-0.3, -0.25) is 0 Å². The van der Waals surface area contributed by atoms with E-state index in [-0.39, 0.29) is 29.0 Å². The fourth-order valence-electron chi connectivity index (χ4n) is 11.1. The third kappa shape index (κ3) is 4.28. The van der Waals surface area contributed by atoms with Gasteiger partial charge >= 0.3 is 0 Å². The van der Waals surface area contributed by atoms with Crippen molar-refractivity contribution >= 4 is 0 Å². The molecule has 1 spiro atoms. The molecule has 7 rings (SSSR count). The van der Waals surface area contributed by atoms with Crippen LogP contribution in [-0.4, -0.2) is 93.6 Å². The molecule has 9 nitrogen and oxygen atoms in total. The molecule has 3 saturated carbocycles. The molecule has 0 radical (unpaired) electrons. The molecule has 238 valence electrons. The highest BCUT2D eigenvalue weighted by molar-refractivity contribution is 5.29. The van der Waals surface area contributed by atoms with Crippen molar-refractivity contribution in [3.05, 3.63) is 11.6 Å². The topological polar surface area (TPSA) is 138 Å². The van der Waals surface area contributed by atoms with Gasteiger partial charge in [0.1, 0.15) is 24.4 Å². The Hall–Kier alpha value is -0.620. The van der Waals surface area contributed by atoms with Crippen LogP contribution in [0.4, 0.5) is 0 Å². The minimum atomic E-state index is -1.46. The van der Waals surface area contributed by atoms with E-state index >= 15 is 0 Å². The molecular weight excluding hydrogens is 540 g/mol. The van der Waals surface area contributed by atoms with Gasteiger partial charge in [-0.1, -0.05) is 39.3 Å². The summed E-state index contributed by atoms with van der Waals surface area (Å²) in [5.41, 5.74) is 1.30. The fourth-order valence-corrected chi connectivity index (χ4v) is 11.1. The van der Waals surface area contributed by atoms with Crippen molar-refractivity contribution in [3.8, 4) is 0 Å². The van der Waals surface area contributed by atoms with Crippen LogP contribution in [0.15, 0.2) is 11.6 Å². The Kier molecular flexibility index (Phi) is 7.48. The number of aliphatic hydroxyl groups is 5. The van der Waals surface area contributed by atoms with Crippen LogP contribution in [0.25, 0.3) is 0 Å². The van der Waals surface area contributed by atoms with Crippen molar-refractivity contribution in [1.29, 1.82) is 0 Å². The Morgan fingerprint density at radius 1 is 0.952 bits per heavy atom. The van der Waals surface area contributed by atoms with Crippen molar-refractivity contribution in [3.63, 3.8) is 0 Å². The summed E-state index contributed by atoms with van der Waals surface area (Å²) in [6, 6.07) is 0. The standard InChI is InChI=1S/C33H52O9/c1-16-5-10-33(39-15-16)17(2)26-23(42-33)13-21-25-20(7-9-32(21,26)4)31(3)8-6-19(11-18(31)12-22(25)35)40-30-29(38)28(37)27(36)24(14-34)41-30/h12,16-17,19-30,34-38H,5-11,13-15H2,1-4H3. The van der Waals surface area contributed by atoms with Gasteiger partial charge in [-0.2, -0.15) is 0 Å². The monoisotopic (exact) mass is 592 g/mol. The van der Waals surface area contributed by atoms with E-state index in [4.69, 9.17) is 18.9 Å². The molecule has 4 aliphatic carbocycles. The lowest BCUT2D eigenvalue weighted by molar-refractivity contribution is -0.313. The predicted octanol–water partition coefficient (Wildman–Crippen LogP) is 2.51. The van der Waals surface area contributed by atoms with E-state index in [0.717, 1.165) is 51.6 Å². The van der Waals surface area contributed by atoms with Crippen LogP contribution in [0, 0.1) is 46.3 Å².